The van der Waals surface area contributed by atoms with Gasteiger partial charge in [0.25, 0.3) is 0 Å². The molecule has 0 rings (SSSR count). The third-order valence-electron chi connectivity index (χ3n) is 2.75. The highest BCUT2D eigenvalue weighted by molar-refractivity contribution is 5.78. The van der Waals surface area contributed by atoms with Crippen molar-refractivity contribution in [2.24, 2.45) is 11.7 Å². The van der Waals surface area contributed by atoms with E-state index in [4.69, 9.17) is 5.73 Å². The smallest absolute Gasteiger partial charge is 0.222 e. The normalized spacial score (nSPS) is 12.0. The average molecular weight is 229 g/mol. The molecule has 0 spiro atoms. The lowest BCUT2D eigenvalue weighted by molar-refractivity contribution is -0.131. The molecule has 0 aromatic carbocycles. The van der Waals surface area contributed by atoms with Crippen LogP contribution in [-0.2, 0) is 9.59 Å². The van der Waals surface area contributed by atoms with E-state index in [-0.39, 0.29) is 17.7 Å². The molecule has 5 nitrogen and oxygen atoms in total. The van der Waals surface area contributed by atoms with Crippen molar-refractivity contribution in [2.75, 3.05) is 27.2 Å². The molecule has 0 aliphatic rings. The second-order valence-corrected chi connectivity index (χ2v) is 3.95. The first-order chi connectivity index (χ1) is 7.54. The number of nitrogens with two attached hydrogens (primary N) is 1. The van der Waals surface area contributed by atoms with Gasteiger partial charge in [-0.1, -0.05) is 13.3 Å². The zero-order valence-corrected chi connectivity index (χ0v) is 10.5. The minimum atomic E-state index is -0.0504. The Morgan fingerprint density at radius 2 is 2.06 bits per heavy atom. The van der Waals surface area contributed by atoms with Gasteiger partial charge < -0.3 is 16.0 Å². The summed E-state index contributed by atoms with van der Waals surface area (Å²) in [5.41, 5.74) is 5.54. The van der Waals surface area contributed by atoms with Gasteiger partial charge in [0.15, 0.2) is 0 Å². The number of amides is 2. The second-order valence-electron chi connectivity index (χ2n) is 3.95. The Kier molecular flexibility index (Phi) is 7.54. The monoisotopic (exact) mass is 229 g/mol. The SMILES string of the molecule is CCC(CN)CC(=O)N(C)CCC(=O)NC. The highest BCUT2D eigenvalue weighted by Crippen LogP contribution is 2.08. The number of nitrogens with one attached hydrogen (secondary N) is 1. The first-order valence-electron chi connectivity index (χ1n) is 5.69. The molecule has 0 aliphatic carbocycles. The lowest BCUT2D eigenvalue weighted by atomic mass is 10.0. The number of carbonyl (C=O) groups excluding carboxylic acids is 2. The zero-order valence-electron chi connectivity index (χ0n) is 10.5. The fourth-order valence-corrected chi connectivity index (χ4v) is 1.32. The molecule has 1 atom stereocenters. The average Bonchev–Trinajstić information content (AvgIpc) is 2.31. The minimum Gasteiger partial charge on any atom is -0.359 e. The van der Waals surface area contributed by atoms with E-state index in [0.717, 1.165) is 6.42 Å². The zero-order chi connectivity index (χ0) is 12.6. The van der Waals surface area contributed by atoms with Gasteiger partial charge in [0.2, 0.25) is 11.8 Å². The molecule has 16 heavy (non-hydrogen) atoms. The summed E-state index contributed by atoms with van der Waals surface area (Å²) in [6.45, 7) is 3.01. The van der Waals surface area contributed by atoms with Crippen molar-refractivity contribution in [2.45, 2.75) is 26.2 Å². The standard InChI is InChI=1S/C11H23N3O2/c1-4-9(8-12)7-11(16)14(3)6-5-10(15)13-2/h9H,4-8,12H2,1-3H3,(H,13,15). The van der Waals surface area contributed by atoms with E-state index in [1.807, 2.05) is 6.92 Å². The number of rotatable bonds is 7. The van der Waals surface area contributed by atoms with Crippen molar-refractivity contribution in [3.05, 3.63) is 0 Å². The summed E-state index contributed by atoms with van der Waals surface area (Å²) < 4.78 is 0. The number of nitrogens with zero attached hydrogens (tertiary/aromatic N) is 1. The van der Waals surface area contributed by atoms with E-state index >= 15 is 0 Å². The van der Waals surface area contributed by atoms with Crippen LogP contribution in [0.4, 0.5) is 0 Å². The van der Waals surface area contributed by atoms with Crippen molar-refractivity contribution in [3.63, 3.8) is 0 Å². The lowest BCUT2D eigenvalue weighted by Crippen LogP contribution is -2.33. The molecule has 0 saturated carbocycles. The Morgan fingerprint density at radius 3 is 2.50 bits per heavy atom. The number of hydrogen-bond donors (Lipinski definition) is 2. The molecule has 0 aromatic heterocycles. The number of hydrogen-bond acceptors (Lipinski definition) is 3. The minimum absolute atomic E-state index is 0.0504. The second kappa shape index (κ2) is 8.10. The summed E-state index contributed by atoms with van der Waals surface area (Å²) in [5.74, 6) is 0.252. The predicted molar refractivity (Wildman–Crippen MR) is 63.8 cm³/mol. The molecule has 0 saturated heterocycles. The molecule has 0 radical (unpaired) electrons. The van der Waals surface area contributed by atoms with Crippen molar-refractivity contribution < 1.29 is 9.59 Å². The maximum Gasteiger partial charge on any atom is 0.222 e. The third kappa shape index (κ3) is 5.70. The highest BCUT2D eigenvalue weighted by Gasteiger charge is 2.14. The first-order valence-corrected chi connectivity index (χ1v) is 5.69. The van der Waals surface area contributed by atoms with Crippen LogP contribution in [0.2, 0.25) is 0 Å². The van der Waals surface area contributed by atoms with Crippen LogP contribution in [0, 0.1) is 5.92 Å². The van der Waals surface area contributed by atoms with Gasteiger partial charge in [-0.2, -0.15) is 0 Å². The maximum absolute atomic E-state index is 11.7. The van der Waals surface area contributed by atoms with Crippen molar-refractivity contribution in [3.8, 4) is 0 Å². The molecular formula is C11H23N3O2. The molecule has 0 fully saturated rings. The summed E-state index contributed by atoms with van der Waals surface area (Å²) >= 11 is 0. The fraction of sp³-hybridized carbons (Fsp3) is 0.818. The first kappa shape index (κ1) is 14.9. The van der Waals surface area contributed by atoms with Crippen LogP contribution in [0.1, 0.15) is 26.2 Å². The van der Waals surface area contributed by atoms with E-state index in [1.54, 1.807) is 19.0 Å². The molecule has 94 valence electrons. The summed E-state index contributed by atoms with van der Waals surface area (Å²) in [4.78, 5) is 24.3. The van der Waals surface area contributed by atoms with Crippen LogP contribution in [0.5, 0.6) is 0 Å². The quantitative estimate of drug-likeness (QED) is 0.643. The number of carbonyl (C=O) groups is 2. The van der Waals surface area contributed by atoms with E-state index in [9.17, 15) is 9.59 Å². The third-order valence-corrected chi connectivity index (χ3v) is 2.75. The molecule has 3 N–H and O–H groups in total. The van der Waals surface area contributed by atoms with Crippen LogP contribution < -0.4 is 11.1 Å². The molecule has 0 aliphatic heterocycles. The molecular weight excluding hydrogens is 206 g/mol. The van der Waals surface area contributed by atoms with Crippen LogP contribution >= 0.6 is 0 Å². The molecule has 1 unspecified atom stereocenters. The summed E-state index contributed by atoms with van der Waals surface area (Å²) in [7, 11) is 3.31. The van der Waals surface area contributed by atoms with Gasteiger partial charge in [-0.05, 0) is 12.5 Å². The Hall–Kier alpha value is -1.10. The summed E-state index contributed by atoms with van der Waals surface area (Å²) in [6, 6.07) is 0. The maximum atomic E-state index is 11.7. The van der Waals surface area contributed by atoms with E-state index < -0.39 is 0 Å². The van der Waals surface area contributed by atoms with Gasteiger partial charge in [0.1, 0.15) is 0 Å². The molecule has 0 heterocycles. The van der Waals surface area contributed by atoms with Crippen LogP contribution in [-0.4, -0.2) is 43.9 Å². The van der Waals surface area contributed by atoms with E-state index in [2.05, 4.69) is 5.32 Å². The molecule has 0 aromatic rings. The Balaban J connectivity index is 3.94. The predicted octanol–water partition coefficient (Wildman–Crippen LogP) is -0.0441. The van der Waals surface area contributed by atoms with Crippen molar-refractivity contribution in [1.82, 2.24) is 10.2 Å². The van der Waals surface area contributed by atoms with Gasteiger partial charge in [-0.25, -0.2) is 0 Å². The van der Waals surface area contributed by atoms with Crippen LogP contribution in [0.15, 0.2) is 0 Å². The topological polar surface area (TPSA) is 75.4 Å². The van der Waals surface area contributed by atoms with Crippen molar-refractivity contribution in [1.29, 1.82) is 0 Å². The van der Waals surface area contributed by atoms with Gasteiger partial charge in [-0.15, -0.1) is 0 Å². The fourth-order valence-electron chi connectivity index (χ4n) is 1.32. The Bertz CT molecular complexity index is 227. The van der Waals surface area contributed by atoms with Gasteiger partial charge in [0.05, 0.1) is 0 Å². The lowest BCUT2D eigenvalue weighted by Gasteiger charge is -2.19. The molecule has 5 heteroatoms. The van der Waals surface area contributed by atoms with Gasteiger partial charge in [0, 0.05) is 33.5 Å². The largest absolute Gasteiger partial charge is 0.359 e. The van der Waals surface area contributed by atoms with Gasteiger partial charge >= 0.3 is 0 Å². The summed E-state index contributed by atoms with van der Waals surface area (Å²) in [5, 5.41) is 2.53. The Labute approximate surface area is 97.4 Å². The van der Waals surface area contributed by atoms with Crippen molar-refractivity contribution >= 4 is 11.8 Å². The summed E-state index contributed by atoms with van der Waals surface area (Å²) in [6.07, 6.45) is 1.72. The highest BCUT2D eigenvalue weighted by atomic mass is 16.2. The molecule has 0 bridgehead atoms. The van der Waals surface area contributed by atoms with E-state index in [0.29, 0.717) is 25.9 Å². The van der Waals surface area contributed by atoms with Crippen LogP contribution in [0.25, 0.3) is 0 Å². The van der Waals surface area contributed by atoms with Gasteiger partial charge in [-0.3, -0.25) is 9.59 Å². The van der Waals surface area contributed by atoms with E-state index in [1.165, 1.54) is 0 Å². The molecule has 2 amide bonds. The Morgan fingerprint density at radius 1 is 1.44 bits per heavy atom. The van der Waals surface area contributed by atoms with Crippen LogP contribution in [0.3, 0.4) is 0 Å².